The zero-order valence-electron chi connectivity index (χ0n) is 12.5. The fourth-order valence-electron chi connectivity index (χ4n) is 2.47. The molecule has 0 radical (unpaired) electrons. The summed E-state index contributed by atoms with van der Waals surface area (Å²) in [7, 11) is 0. The number of nitrogens with zero attached hydrogens (tertiary/aromatic N) is 1. The summed E-state index contributed by atoms with van der Waals surface area (Å²) in [5, 5.41) is 3.00. The molecule has 1 saturated heterocycles. The molecule has 0 aromatic carbocycles. The highest BCUT2D eigenvalue weighted by atomic mass is 16.5. The highest BCUT2D eigenvalue weighted by Gasteiger charge is 2.16. The molecule has 1 aliphatic heterocycles. The van der Waals surface area contributed by atoms with Crippen LogP contribution in [0, 0.1) is 5.92 Å². The molecule has 1 aliphatic rings. The predicted molar refractivity (Wildman–Crippen MR) is 81.9 cm³/mol. The van der Waals surface area contributed by atoms with Crippen molar-refractivity contribution in [2.24, 2.45) is 11.8 Å². The smallest absolute Gasteiger partial charge is 0.251 e. The summed E-state index contributed by atoms with van der Waals surface area (Å²) < 4.78 is 5.32. The molecule has 0 aliphatic carbocycles. The van der Waals surface area contributed by atoms with Crippen LogP contribution in [0.3, 0.4) is 0 Å². The third-order valence-corrected chi connectivity index (χ3v) is 3.69. The van der Waals surface area contributed by atoms with Crippen molar-refractivity contribution in [3.05, 3.63) is 23.4 Å². The Labute approximate surface area is 125 Å². The maximum Gasteiger partial charge on any atom is 0.251 e. The molecule has 21 heavy (non-hydrogen) atoms. The number of nitrogens with one attached hydrogen (secondary N) is 2. The van der Waals surface area contributed by atoms with E-state index in [1.54, 1.807) is 6.07 Å². The first-order valence-corrected chi connectivity index (χ1v) is 7.56. The van der Waals surface area contributed by atoms with Crippen molar-refractivity contribution >= 4 is 11.7 Å². The molecule has 0 spiro atoms. The van der Waals surface area contributed by atoms with Gasteiger partial charge >= 0.3 is 0 Å². The molecule has 0 unspecified atom stereocenters. The first-order chi connectivity index (χ1) is 10.2. The molecule has 0 saturated carbocycles. The van der Waals surface area contributed by atoms with Crippen LogP contribution in [0.15, 0.2) is 12.1 Å². The normalized spacial score (nSPS) is 15.7. The second-order valence-electron chi connectivity index (χ2n) is 5.39. The number of carbonyl (C=O) groups excluding carboxylic acids is 1. The van der Waals surface area contributed by atoms with Crippen molar-refractivity contribution in [2.75, 3.05) is 25.2 Å². The van der Waals surface area contributed by atoms with Crippen LogP contribution < -0.4 is 16.6 Å². The number of amides is 1. The zero-order chi connectivity index (χ0) is 15.1. The average Bonchev–Trinajstić information content (AvgIpc) is 2.53. The molecule has 0 atom stereocenters. The first kappa shape index (κ1) is 15.7. The number of anilines is 1. The van der Waals surface area contributed by atoms with Crippen molar-refractivity contribution in [1.82, 2.24) is 10.3 Å². The summed E-state index contributed by atoms with van der Waals surface area (Å²) in [6.07, 6.45) is 3.82. The van der Waals surface area contributed by atoms with E-state index in [1.165, 1.54) is 0 Å². The molecule has 0 bridgehead atoms. The van der Waals surface area contributed by atoms with Gasteiger partial charge in [0.1, 0.15) is 5.82 Å². The second-order valence-corrected chi connectivity index (χ2v) is 5.39. The quantitative estimate of drug-likeness (QED) is 0.546. The Morgan fingerprint density at radius 2 is 2.19 bits per heavy atom. The Kier molecular flexibility index (Phi) is 5.95. The minimum atomic E-state index is -0.0715. The second kappa shape index (κ2) is 7.95. The number of nitrogens with two attached hydrogens (primary N) is 1. The Morgan fingerprint density at radius 1 is 1.43 bits per heavy atom. The van der Waals surface area contributed by atoms with Crippen LogP contribution >= 0.6 is 0 Å². The van der Waals surface area contributed by atoms with E-state index < -0.39 is 0 Å². The van der Waals surface area contributed by atoms with Crippen molar-refractivity contribution in [3.63, 3.8) is 0 Å². The summed E-state index contributed by atoms with van der Waals surface area (Å²) in [5.41, 5.74) is 4.00. The van der Waals surface area contributed by atoms with E-state index in [1.807, 2.05) is 6.07 Å². The monoisotopic (exact) mass is 292 g/mol. The van der Waals surface area contributed by atoms with Crippen molar-refractivity contribution in [1.29, 1.82) is 0 Å². The van der Waals surface area contributed by atoms with E-state index in [4.69, 9.17) is 10.6 Å². The standard InChI is InChI=1S/C15H24N4O2/c1-2-3-13-8-12(9-14(18-13)19-16)15(20)17-10-11-4-6-21-7-5-11/h8-9,11H,2-7,10,16H2,1H3,(H,17,20)(H,18,19). The number of aromatic nitrogens is 1. The van der Waals surface area contributed by atoms with Gasteiger partial charge in [-0.3, -0.25) is 4.79 Å². The van der Waals surface area contributed by atoms with Crippen LogP contribution in [0.25, 0.3) is 0 Å². The van der Waals surface area contributed by atoms with Gasteiger partial charge in [0.05, 0.1) is 0 Å². The SMILES string of the molecule is CCCc1cc(C(=O)NCC2CCOCC2)cc(NN)n1. The summed E-state index contributed by atoms with van der Waals surface area (Å²) >= 11 is 0. The number of ether oxygens (including phenoxy) is 1. The number of hydrogen-bond acceptors (Lipinski definition) is 5. The van der Waals surface area contributed by atoms with Gasteiger partial charge in [-0.05, 0) is 37.3 Å². The summed E-state index contributed by atoms with van der Waals surface area (Å²) in [4.78, 5) is 16.6. The van der Waals surface area contributed by atoms with Crippen molar-refractivity contribution in [3.8, 4) is 0 Å². The number of nitrogen functional groups attached to an aromatic ring is 1. The van der Waals surface area contributed by atoms with Crippen LogP contribution in [-0.2, 0) is 11.2 Å². The number of carbonyl (C=O) groups is 1. The number of rotatable bonds is 6. The lowest BCUT2D eigenvalue weighted by Crippen LogP contribution is -2.32. The Hall–Kier alpha value is -1.66. The Bertz CT molecular complexity index is 473. The Morgan fingerprint density at radius 3 is 2.86 bits per heavy atom. The summed E-state index contributed by atoms with van der Waals surface area (Å²) in [5.74, 6) is 6.38. The van der Waals surface area contributed by atoms with Crippen LogP contribution in [0.4, 0.5) is 5.82 Å². The fraction of sp³-hybridized carbons (Fsp3) is 0.600. The largest absolute Gasteiger partial charge is 0.381 e. The zero-order valence-corrected chi connectivity index (χ0v) is 12.5. The van der Waals surface area contributed by atoms with E-state index >= 15 is 0 Å². The van der Waals surface area contributed by atoms with Gasteiger partial charge < -0.3 is 15.5 Å². The third-order valence-electron chi connectivity index (χ3n) is 3.69. The Balaban J connectivity index is 1.98. The van der Waals surface area contributed by atoms with Gasteiger partial charge in [-0.15, -0.1) is 0 Å². The molecule has 6 heteroatoms. The van der Waals surface area contributed by atoms with E-state index in [2.05, 4.69) is 22.7 Å². The average molecular weight is 292 g/mol. The minimum Gasteiger partial charge on any atom is -0.381 e. The third kappa shape index (κ3) is 4.68. The van der Waals surface area contributed by atoms with Gasteiger partial charge in [-0.2, -0.15) is 0 Å². The van der Waals surface area contributed by atoms with Gasteiger partial charge in [-0.25, -0.2) is 10.8 Å². The number of hydrogen-bond donors (Lipinski definition) is 3. The topological polar surface area (TPSA) is 89.3 Å². The minimum absolute atomic E-state index is 0.0715. The predicted octanol–water partition coefficient (Wildman–Crippen LogP) is 1.48. The lowest BCUT2D eigenvalue weighted by Gasteiger charge is -2.22. The van der Waals surface area contributed by atoms with Crippen molar-refractivity contribution in [2.45, 2.75) is 32.6 Å². The van der Waals surface area contributed by atoms with Crippen molar-refractivity contribution < 1.29 is 9.53 Å². The molecule has 2 heterocycles. The maximum atomic E-state index is 12.3. The molecular formula is C15H24N4O2. The molecule has 6 nitrogen and oxygen atoms in total. The molecule has 2 rings (SSSR count). The van der Waals surface area contributed by atoms with Crippen LogP contribution in [0.5, 0.6) is 0 Å². The lowest BCUT2D eigenvalue weighted by molar-refractivity contribution is 0.0642. The molecule has 1 aromatic heterocycles. The molecule has 1 amide bonds. The summed E-state index contributed by atoms with van der Waals surface area (Å²) in [6, 6.07) is 3.52. The van der Waals surface area contributed by atoms with Gasteiger partial charge in [0.2, 0.25) is 0 Å². The highest BCUT2D eigenvalue weighted by Crippen LogP contribution is 2.15. The molecule has 116 valence electrons. The number of hydrazine groups is 1. The maximum absolute atomic E-state index is 12.3. The van der Waals surface area contributed by atoms with Crippen LogP contribution in [0.1, 0.15) is 42.2 Å². The molecular weight excluding hydrogens is 268 g/mol. The van der Waals surface area contributed by atoms with E-state index in [0.29, 0.717) is 23.8 Å². The molecule has 1 fully saturated rings. The molecule has 1 aromatic rings. The first-order valence-electron chi connectivity index (χ1n) is 7.56. The van der Waals surface area contributed by atoms with Gasteiger partial charge in [0, 0.05) is 31.0 Å². The van der Waals surface area contributed by atoms with E-state index in [-0.39, 0.29) is 5.91 Å². The van der Waals surface area contributed by atoms with Gasteiger partial charge in [0.15, 0.2) is 0 Å². The number of pyridine rings is 1. The van der Waals surface area contributed by atoms with E-state index in [9.17, 15) is 4.79 Å². The molecule has 4 N–H and O–H groups in total. The summed E-state index contributed by atoms with van der Waals surface area (Å²) in [6.45, 7) is 4.35. The highest BCUT2D eigenvalue weighted by molar-refractivity contribution is 5.95. The van der Waals surface area contributed by atoms with Crippen LogP contribution in [0.2, 0.25) is 0 Å². The van der Waals surface area contributed by atoms with Crippen LogP contribution in [-0.4, -0.2) is 30.6 Å². The van der Waals surface area contributed by atoms with Gasteiger partial charge in [-0.1, -0.05) is 13.3 Å². The number of aryl methyl sites for hydroxylation is 1. The van der Waals surface area contributed by atoms with E-state index in [0.717, 1.165) is 44.6 Å². The fourth-order valence-corrected chi connectivity index (χ4v) is 2.47. The lowest BCUT2D eigenvalue weighted by atomic mass is 10.0. The van der Waals surface area contributed by atoms with Gasteiger partial charge in [0.25, 0.3) is 5.91 Å².